The van der Waals surface area contributed by atoms with Crippen LogP contribution in [-0.4, -0.2) is 15.9 Å². The van der Waals surface area contributed by atoms with Crippen LogP contribution in [0, 0.1) is 0 Å². The highest BCUT2D eigenvalue weighted by Crippen LogP contribution is 2.36. The van der Waals surface area contributed by atoms with Crippen LogP contribution in [0.2, 0.25) is 0 Å². The number of thiazole rings is 1. The van der Waals surface area contributed by atoms with Crippen molar-refractivity contribution in [3.8, 4) is 5.88 Å². The topological polar surface area (TPSA) is 54.6 Å². The second-order valence-electron chi connectivity index (χ2n) is 5.79. The third-order valence-electron chi connectivity index (χ3n) is 4.05. The maximum atomic E-state index is 12.3. The van der Waals surface area contributed by atoms with E-state index in [0.29, 0.717) is 11.4 Å². The number of benzene rings is 2. The summed E-state index contributed by atoms with van der Waals surface area (Å²) in [6.07, 6.45) is 3.56. The van der Waals surface area contributed by atoms with Crippen LogP contribution in [0.25, 0.3) is 11.6 Å². The third kappa shape index (κ3) is 3.34. The molecule has 3 aromatic rings. The van der Waals surface area contributed by atoms with E-state index in [-0.39, 0.29) is 10.8 Å². The van der Waals surface area contributed by atoms with Crippen LogP contribution in [0.1, 0.15) is 16.0 Å². The molecule has 130 valence electrons. The molecule has 7 heteroatoms. The third-order valence-corrected chi connectivity index (χ3v) is 5.98. The van der Waals surface area contributed by atoms with Gasteiger partial charge in [0.25, 0.3) is 0 Å². The second-order valence-corrected chi connectivity index (χ2v) is 8.61. The highest BCUT2D eigenvalue weighted by atomic mass is 79.9. The van der Waals surface area contributed by atoms with Gasteiger partial charge in [-0.2, -0.15) is 0 Å². The molecule has 4 rings (SSSR count). The Kier molecular flexibility index (Phi) is 4.69. The van der Waals surface area contributed by atoms with Crippen LogP contribution < -0.4 is 4.87 Å². The van der Waals surface area contributed by atoms with Gasteiger partial charge in [0, 0.05) is 26.3 Å². The van der Waals surface area contributed by atoms with E-state index in [9.17, 15) is 9.90 Å². The molecule has 1 aromatic heterocycles. The molecule has 1 N–H and O–H groups in total. The van der Waals surface area contributed by atoms with Crippen LogP contribution in [-0.2, 0) is 6.54 Å². The standard InChI is InChI=1S/C19H12Br2N2O2S/c20-13-3-1-11(2-4-13)10-23-18(24)17(26-19(23)25)7-12-9-22-16-6-5-14(21)8-15(12)16/h1-9,24H,10H2. The van der Waals surface area contributed by atoms with E-state index in [1.54, 1.807) is 12.3 Å². The molecule has 0 unspecified atom stereocenters. The number of rotatable bonds is 3. The van der Waals surface area contributed by atoms with Gasteiger partial charge in [-0.3, -0.25) is 14.4 Å². The van der Waals surface area contributed by atoms with Crippen LogP contribution in [0.15, 0.2) is 61.2 Å². The SMILES string of the molecule is O=c1sc(C=C2C=Nc3ccc(Br)cc32)c(O)n1Cc1ccc(Br)cc1. The van der Waals surface area contributed by atoms with Crippen LogP contribution in [0.3, 0.4) is 0 Å². The maximum Gasteiger partial charge on any atom is 0.310 e. The van der Waals surface area contributed by atoms with Gasteiger partial charge >= 0.3 is 4.87 Å². The summed E-state index contributed by atoms with van der Waals surface area (Å²) >= 11 is 7.88. The maximum absolute atomic E-state index is 12.3. The van der Waals surface area contributed by atoms with E-state index in [0.717, 1.165) is 42.7 Å². The molecule has 0 amide bonds. The minimum atomic E-state index is -0.193. The molecule has 1 aliphatic rings. The minimum Gasteiger partial charge on any atom is -0.493 e. The molecule has 1 aliphatic heterocycles. The summed E-state index contributed by atoms with van der Waals surface area (Å²) in [5.74, 6) is -0.0211. The lowest BCUT2D eigenvalue weighted by Gasteiger charge is -2.04. The largest absolute Gasteiger partial charge is 0.493 e. The predicted molar refractivity (Wildman–Crippen MR) is 114 cm³/mol. The predicted octanol–water partition coefficient (Wildman–Crippen LogP) is 5.45. The highest BCUT2D eigenvalue weighted by molar-refractivity contribution is 9.10. The summed E-state index contributed by atoms with van der Waals surface area (Å²) in [5, 5.41) is 10.6. The highest BCUT2D eigenvalue weighted by Gasteiger charge is 2.17. The fourth-order valence-electron chi connectivity index (χ4n) is 2.74. The van der Waals surface area contributed by atoms with Crippen molar-refractivity contribution in [3.05, 3.63) is 77.1 Å². The molecular formula is C19H12Br2N2O2S. The zero-order chi connectivity index (χ0) is 18.3. The molecule has 0 saturated carbocycles. The summed E-state index contributed by atoms with van der Waals surface area (Å²) in [4.78, 5) is 17.1. The number of halogens is 2. The van der Waals surface area contributed by atoms with Gasteiger partial charge in [0.1, 0.15) is 0 Å². The monoisotopic (exact) mass is 490 g/mol. The Labute approximate surface area is 170 Å². The van der Waals surface area contributed by atoms with E-state index in [1.807, 2.05) is 42.5 Å². The van der Waals surface area contributed by atoms with Gasteiger partial charge in [0.05, 0.1) is 17.1 Å². The van der Waals surface area contributed by atoms with E-state index >= 15 is 0 Å². The number of allylic oxidation sites excluding steroid dienone is 1. The summed E-state index contributed by atoms with van der Waals surface area (Å²) < 4.78 is 3.31. The molecule has 0 aliphatic carbocycles. The summed E-state index contributed by atoms with van der Waals surface area (Å²) in [7, 11) is 0. The van der Waals surface area contributed by atoms with Crippen molar-refractivity contribution >= 4 is 66.7 Å². The lowest BCUT2D eigenvalue weighted by molar-refractivity contribution is 0.420. The number of hydrogen-bond acceptors (Lipinski definition) is 4. The fourth-order valence-corrected chi connectivity index (χ4v) is 4.20. The molecule has 0 bridgehead atoms. The first-order valence-electron chi connectivity index (χ1n) is 7.74. The van der Waals surface area contributed by atoms with Crippen molar-refractivity contribution in [2.45, 2.75) is 6.54 Å². The lowest BCUT2D eigenvalue weighted by Crippen LogP contribution is -2.13. The minimum absolute atomic E-state index is 0.0211. The molecule has 0 fully saturated rings. The smallest absolute Gasteiger partial charge is 0.310 e. The normalized spacial score (nSPS) is 14.2. The summed E-state index contributed by atoms with van der Waals surface area (Å²) in [6.45, 7) is 0.327. The number of aromatic nitrogens is 1. The van der Waals surface area contributed by atoms with Gasteiger partial charge in [-0.25, -0.2) is 0 Å². The quantitative estimate of drug-likeness (QED) is 0.530. The fraction of sp³-hybridized carbons (Fsp3) is 0.0526. The average molecular weight is 492 g/mol. The van der Waals surface area contributed by atoms with E-state index < -0.39 is 0 Å². The number of hydrogen-bond donors (Lipinski definition) is 1. The Morgan fingerprint density at radius 2 is 1.85 bits per heavy atom. The first kappa shape index (κ1) is 17.5. The van der Waals surface area contributed by atoms with Crippen LogP contribution >= 0.6 is 43.2 Å². The van der Waals surface area contributed by atoms with Gasteiger partial charge in [0.2, 0.25) is 5.88 Å². The van der Waals surface area contributed by atoms with E-state index in [1.165, 1.54) is 4.57 Å². The number of aromatic hydroxyl groups is 1. The molecule has 0 saturated heterocycles. The molecule has 0 atom stereocenters. The van der Waals surface area contributed by atoms with Crippen molar-refractivity contribution < 1.29 is 5.11 Å². The summed E-state index contributed by atoms with van der Waals surface area (Å²) in [6, 6.07) is 13.5. The van der Waals surface area contributed by atoms with Crippen LogP contribution in [0.4, 0.5) is 5.69 Å². The van der Waals surface area contributed by atoms with E-state index in [4.69, 9.17) is 0 Å². The van der Waals surface area contributed by atoms with Gasteiger partial charge in [-0.15, -0.1) is 0 Å². The Bertz CT molecular complexity index is 1110. The number of fused-ring (bicyclic) bond motifs is 1. The van der Waals surface area contributed by atoms with Gasteiger partial charge in [0.15, 0.2) is 0 Å². The Morgan fingerprint density at radius 1 is 1.12 bits per heavy atom. The number of aliphatic imine (C=N–C) groups is 1. The van der Waals surface area contributed by atoms with E-state index in [2.05, 4.69) is 36.9 Å². The Balaban J connectivity index is 1.70. The first-order valence-corrected chi connectivity index (χ1v) is 10.1. The molecule has 2 aromatic carbocycles. The molecule has 0 spiro atoms. The molecule has 26 heavy (non-hydrogen) atoms. The van der Waals surface area contributed by atoms with Gasteiger partial charge in [-0.1, -0.05) is 55.3 Å². The first-order chi connectivity index (χ1) is 12.5. The van der Waals surface area contributed by atoms with Crippen molar-refractivity contribution in [3.63, 3.8) is 0 Å². The number of nitrogens with zero attached hydrogens (tertiary/aromatic N) is 2. The Morgan fingerprint density at radius 3 is 2.62 bits per heavy atom. The zero-order valence-electron chi connectivity index (χ0n) is 13.3. The average Bonchev–Trinajstić information content (AvgIpc) is 3.13. The summed E-state index contributed by atoms with van der Waals surface area (Å²) in [5.41, 5.74) is 3.66. The van der Waals surface area contributed by atoms with Gasteiger partial charge in [-0.05, 0) is 42.0 Å². The lowest BCUT2D eigenvalue weighted by atomic mass is 10.1. The second kappa shape index (κ2) is 6.98. The van der Waals surface area contributed by atoms with Crippen molar-refractivity contribution in [1.29, 1.82) is 0 Å². The Hall–Kier alpha value is -1.96. The molecular weight excluding hydrogens is 480 g/mol. The molecule has 2 heterocycles. The zero-order valence-corrected chi connectivity index (χ0v) is 17.3. The van der Waals surface area contributed by atoms with Crippen molar-refractivity contribution in [2.75, 3.05) is 0 Å². The molecule has 4 nitrogen and oxygen atoms in total. The van der Waals surface area contributed by atoms with Crippen LogP contribution in [0.5, 0.6) is 5.88 Å². The van der Waals surface area contributed by atoms with Crippen molar-refractivity contribution in [2.24, 2.45) is 4.99 Å². The van der Waals surface area contributed by atoms with Gasteiger partial charge < -0.3 is 5.11 Å². The van der Waals surface area contributed by atoms with Crippen molar-refractivity contribution in [1.82, 2.24) is 4.57 Å². The molecule has 0 radical (unpaired) electrons.